The van der Waals surface area contributed by atoms with Crippen LogP contribution in [0.5, 0.6) is 0 Å². The van der Waals surface area contributed by atoms with Crippen LogP contribution >= 0.6 is 34.4 Å². The van der Waals surface area contributed by atoms with Gasteiger partial charge in [0, 0.05) is 28.1 Å². The summed E-state index contributed by atoms with van der Waals surface area (Å²) in [6.45, 7) is 4.55. The highest BCUT2D eigenvalue weighted by Gasteiger charge is 2.25. The van der Waals surface area contributed by atoms with Gasteiger partial charge in [0.2, 0.25) is 11.8 Å². The monoisotopic (exact) mass is 444 g/mol. The van der Waals surface area contributed by atoms with Gasteiger partial charge in [-0.15, -0.1) is 22.7 Å². The Kier molecular flexibility index (Phi) is 5.71. The third kappa shape index (κ3) is 4.36. The van der Waals surface area contributed by atoms with E-state index in [0.29, 0.717) is 12.3 Å². The average Bonchev–Trinajstić information content (AvgIpc) is 3.38. The van der Waals surface area contributed by atoms with E-state index < -0.39 is 0 Å². The maximum absolute atomic E-state index is 12.8. The Morgan fingerprint density at radius 1 is 1.28 bits per heavy atom. The van der Waals surface area contributed by atoms with Gasteiger partial charge in [0.15, 0.2) is 4.34 Å². The van der Waals surface area contributed by atoms with E-state index in [1.165, 1.54) is 28.7 Å². The van der Waals surface area contributed by atoms with E-state index in [4.69, 9.17) is 5.73 Å². The molecule has 2 N–H and O–H groups in total. The third-order valence-electron chi connectivity index (χ3n) is 4.72. The van der Waals surface area contributed by atoms with Gasteiger partial charge in [0.25, 0.3) is 0 Å². The lowest BCUT2D eigenvalue weighted by Crippen LogP contribution is -2.30. The Morgan fingerprint density at radius 3 is 2.83 bits per heavy atom. The number of anilines is 1. The molecule has 1 aliphatic rings. The Labute approximate surface area is 181 Å². The molecule has 2 amide bonds. The Bertz CT molecular complexity index is 1090. The number of hydrogen-bond acceptors (Lipinski definition) is 7. The predicted octanol–water partition coefficient (Wildman–Crippen LogP) is 3.59. The fraction of sp³-hybridized carbons (Fsp3) is 0.300. The Morgan fingerprint density at radius 2 is 2.10 bits per heavy atom. The van der Waals surface area contributed by atoms with Crippen molar-refractivity contribution in [2.24, 2.45) is 5.73 Å². The van der Waals surface area contributed by atoms with Gasteiger partial charge < -0.3 is 10.6 Å². The summed E-state index contributed by atoms with van der Waals surface area (Å²) in [5.74, 6) is 0.00986. The largest absolute Gasteiger partial charge is 0.369 e. The molecule has 0 fully saturated rings. The van der Waals surface area contributed by atoms with Crippen molar-refractivity contribution in [2.45, 2.75) is 31.0 Å². The van der Waals surface area contributed by atoms with Crippen molar-refractivity contribution >= 4 is 51.9 Å². The van der Waals surface area contributed by atoms with Crippen molar-refractivity contribution in [3.63, 3.8) is 0 Å². The molecule has 0 unspecified atom stereocenters. The lowest BCUT2D eigenvalue weighted by molar-refractivity contribution is -0.117. The summed E-state index contributed by atoms with van der Waals surface area (Å²) in [6.07, 6.45) is 1.04. The minimum atomic E-state index is -0.370. The lowest BCUT2D eigenvalue weighted by Gasteiger charge is -2.17. The maximum Gasteiger partial charge on any atom is 0.237 e. The fourth-order valence-electron chi connectivity index (χ4n) is 3.30. The van der Waals surface area contributed by atoms with Crippen LogP contribution in [0.4, 0.5) is 5.69 Å². The molecule has 0 saturated heterocycles. The molecule has 3 heterocycles. The molecule has 150 valence electrons. The van der Waals surface area contributed by atoms with Crippen molar-refractivity contribution in [2.75, 3.05) is 17.2 Å². The summed E-state index contributed by atoms with van der Waals surface area (Å²) in [5, 5.41) is 3.11. The van der Waals surface area contributed by atoms with Gasteiger partial charge in [0.1, 0.15) is 0 Å². The molecule has 1 aromatic carbocycles. The van der Waals surface area contributed by atoms with Crippen molar-refractivity contribution in [1.29, 1.82) is 0 Å². The Hall–Kier alpha value is -2.23. The maximum atomic E-state index is 12.8. The number of nitrogens with zero attached hydrogens (tertiary/aromatic N) is 3. The zero-order valence-corrected chi connectivity index (χ0v) is 18.5. The SMILES string of the molecule is Cc1nc(-c2ccc3c(c2)CCN3C(=O)CSc2nc(C)c(CC(N)=O)s2)cs1. The first-order chi connectivity index (χ1) is 13.9. The molecule has 6 nitrogen and oxygen atoms in total. The second-order valence-electron chi connectivity index (χ2n) is 6.81. The van der Waals surface area contributed by atoms with Crippen LogP contribution in [-0.2, 0) is 22.4 Å². The van der Waals surface area contributed by atoms with E-state index in [2.05, 4.69) is 21.4 Å². The van der Waals surface area contributed by atoms with Crippen LogP contribution in [0.2, 0.25) is 0 Å². The number of aryl methyl sites for hydroxylation is 2. The van der Waals surface area contributed by atoms with Gasteiger partial charge in [-0.1, -0.05) is 17.8 Å². The average molecular weight is 445 g/mol. The van der Waals surface area contributed by atoms with Gasteiger partial charge >= 0.3 is 0 Å². The van der Waals surface area contributed by atoms with Gasteiger partial charge in [-0.05, 0) is 38.0 Å². The minimum absolute atomic E-state index is 0.0651. The second kappa shape index (κ2) is 8.25. The molecule has 3 aromatic rings. The molecule has 0 aliphatic carbocycles. The van der Waals surface area contributed by atoms with Gasteiger partial charge in [-0.2, -0.15) is 0 Å². The van der Waals surface area contributed by atoms with Crippen molar-refractivity contribution < 1.29 is 9.59 Å². The topological polar surface area (TPSA) is 89.2 Å². The zero-order chi connectivity index (χ0) is 20.5. The molecular formula is C20H20N4O2S3. The number of aromatic nitrogens is 2. The summed E-state index contributed by atoms with van der Waals surface area (Å²) in [6, 6.07) is 6.20. The number of fused-ring (bicyclic) bond motifs is 1. The normalized spacial score (nSPS) is 13.0. The molecule has 0 radical (unpaired) electrons. The molecule has 4 rings (SSSR count). The molecule has 0 saturated carbocycles. The van der Waals surface area contributed by atoms with Crippen LogP contribution in [0.15, 0.2) is 27.9 Å². The molecular weight excluding hydrogens is 424 g/mol. The van der Waals surface area contributed by atoms with E-state index in [-0.39, 0.29) is 18.2 Å². The van der Waals surface area contributed by atoms with E-state index in [1.54, 1.807) is 11.3 Å². The minimum Gasteiger partial charge on any atom is -0.369 e. The van der Waals surface area contributed by atoms with E-state index in [9.17, 15) is 9.59 Å². The number of carbonyl (C=O) groups excluding carboxylic acids is 2. The number of primary amides is 1. The predicted molar refractivity (Wildman–Crippen MR) is 119 cm³/mol. The molecule has 2 aromatic heterocycles. The smallest absolute Gasteiger partial charge is 0.237 e. The molecule has 1 aliphatic heterocycles. The van der Waals surface area contributed by atoms with Crippen molar-refractivity contribution in [1.82, 2.24) is 9.97 Å². The highest BCUT2D eigenvalue weighted by molar-refractivity contribution is 8.01. The summed E-state index contributed by atoms with van der Waals surface area (Å²) < 4.78 is 0.792. The highest BCUT2D eigenvalue weighted by atomic mass is 32.2. The zero-order valence-electron chi connectivity index (χ0n) is 16.1. The number of amides is 2. The summed E-state index contributed by atoms with van der Waals surface area (Å²) >= 11 is 4.48. The summed E-state index contributed by atoms with van der Waals surface area (Å²) in [7, 11) is 0. The number of benzene rings is 1. The molecule has 29 heavy (non-hydrogen) atoms. The van der Waals surface area contributed by atoms with Crippen LogP contribution in [0, 0.1) is 13.8 Å². The third-order valence-corrected chi connectivity index (χ3v) is 7.78. The lowest BCUT2D eigenvalue weighted by atomic mass is 10.1. The number of rotatable bonds is 6. The molecule has 9 heteroatoms. The first-order valence-electron chi connectivity index (χ1n) is 9.14. The summed E-state index contributed by atoms with van der Waals surface area (Å²) in [5.41, 5.74) is 10.3. The fourth-order valence-corrected chi connectivity index (χ4v) is 6.04. The first-order valence-corrected chi connectivity index (χ1v) is 11.8. The van der Waals surface area contributed by atoms with Crippen LogP contribution in [0.25, 0.3) is 11.3 Å². The van der Waals surface area contributed by atoms with Crippen molar-refractivity contribution in [3.05, 3.63) is 44.7 Å². The van der Waals surface area contributed by atoms with E-state index in [0.717, 1.165) is 43.3 Å². The van der Waals surface area contributed by atoms with Gasteiger partial charge in [-0.3, -0.25) is 9.59 Å². The molecule has 0 spiro atoms. The van der Waals surface area contributed by atoms with Gasteiger partial charge in [-0.25, -0.2) is 9.97 Å². The van der Waals surface area contributed by atoms with E-state index in [1.807, 2.05) is 30.9 Å². The van der Waals surface area contributed by atoms with Crippen LogP contribution in [0.3, 0.4) is 0 Å². The van der Waals surface area contributed by atoms with Crippen molar-refractivity contribution in [3.8, 4) is 11.3 Å². The molecule has 0 bridgehead atoms. The quantitative estimate of drug-likeness (QED) is 0.587. The van der Waals surface area contributed by atoms with E-state index >= 15 is 0 Å². The van der Waals surface area contributed by atoms with Gasteiger partial charge in [0.05, 0.1) is 28.6 Å². The highest BCUT2D eigenvalue weighted by Crippen LogP contribution is 2.34. The van der Waals surface area contributed by atoms with Crippen LogP contribution in [0.1, 0.15) is 21.1 Å². The number of thioether (sulfide) groups is 1. The molecule has 0 atom stereocenters. The second-order valence-corrected chi connectivity index (χ2v) is 10.2. The van der Waals surface area contributed by atoms with Crippen LogP contribution < -0.4 is 10.6 Å². The number of thiazole rings is 2. The first kappa shape index (κ1) is 20.1. The Balaban J connectivity index is 1.43. The van der Waals surface area contributed by atoms with Crippen LogP contribution in [-0.4, -0.2) is 34.1 Å². The standard InChI is InChI=1S/C20H20N4O2S3/c1-11-17(8-18(21)25)29-20(22-11)28-10-19(26)24-6-5-14-7-13(3-4-16(14)24)15-9-27-12(2)23-15/h3-4,7,9H,5-6,8,10H2,1-2H3,(H2,21,25). The number of hydrogen-bond donors (Lipinski definition) is 1. The number of nitrogens with two attached hydrogens (primary N) is 1. The number of carbonyl (C=O) groups is 2. The summed E-state index contributed by atoms with van der Waals surface area (Å²) in [4.78, 5) is 35.7.